The first-order valence-electron chi connectivity index (χ1n) is 10.0. The smallest absolute Gasteiger partial charge is 0.204 e. The number of allylic oxidation sites excluding steroid dienone is 1. The normalized spacial score (nSPS) is 24.2. The SMILES string of the molecule is C=CC1CCC(COc2ccc(OCC3CCCCC3)c(F)c2F)CC1. The van der Waals surface area contributed by atoms with Crippen LogP contribution in [0.3, 0.4) is 0 Å². The summed E-state index contributed by atoms with van der Waals surface area (Å²) >= 11 is 0. The molecule has 0 atom stereocenters. The fourth-order valence-corrected chi connectivity index (χ4v) is 4.10. The molecule has 0 bridgehead atoms. The fourth-order valence-electron chi connectivity index (χ4n) is 4.10. The predicted molar refractivity (Wildman–Crippen MR) is 99.6 cm³/mol. The molecule has 0 saturated heterocycles. The second-order valence-corrected chi connectivity index (χ2v) is 7.83. The molecule has 2 aliphatic carbocycles. The van der Waals surface area contributed by atoms with Gasteiger partial charge in [-0.1, -0.05) is 25.3 Å². The summed E-state index contributed by atoms with van der Waals surface area (Å²) in [6, 6.07) is 2.98. The van der Waals surface area contributed by atoms with Crippen molar-refractivity contribution in [1.29, 1.82) is 0 Å². The van der Waals surface area contributed by atoms with Crippen molar-refractivity contribution in [1.82, 2.24) is 0 Å². The van der Waals surface area contributed by atoms with Crippen molar-refractivity contribution in [3.05, 3.63) is 36.4 Å². The summed E-state index contributed by atoms with van der Waals surface area (Å²) in [5.74, 6) is -0.463. The third-order valence-electron chi connectivity index (χ3n) is 5.91. The van der Waals surface area contributed by atoms with Crippen LogP contribution in [-0.2, 0) is 0 Å². The number of hydrogen-bond acceptors (Lipinski definition) is 2. The number of benzene rings is 1. The van der Waals surface area contributed by atoms with Gasteiger partial charge in [0.2, 0.25) is 11.6 Å². The number of rotatable bonds is 7. The van der Waals surface area contributed by atoms with E-state index in [-0.39, 0.29) is 11.5 Å². The summed E-state index contributed by atoms with van der Waals surface area (Å²) in [4.78, 5) is 0. The lowest BCUT2D eigenvalue weighted by Gasteiger charge is -2.26. The first-order chi connectivity index (χ1) is 12.7. The molecular formula is C22H30F2O2. The first-order valence-corrected chi connectivity index (χ1v) is 10.0. The maximum absolute atomic E-state index is 14.3. The van der Waals surface area contributed by atoms with Crippen LogP contribution >= 0.6 is 0 Å². The lowest BCUT2D eigenvalue weighted by molar-refractivity contribution is 0.183. The highest BCUT2D eigenvalue weighted by Crippen LogP contribution is 2.32. The minimum Gasteiger partial charge on any atom is -0.490 e. The van der Waals surface area contributed by atoms with Crippen molar-refractivity contribution in [2.75, 3.05) is 13.2 Å². The zero-order valence-corrected chi connectivity index (χ0v) is 15.5. The van der Waals surface area contributed by atoms with Gasteiger partial charge in [0.05, 0.1) is 13.2 Å². The van der Waals surface area contributed by atoms with E-state index in [9.17, 15) is 8.78 Å². The van der Waals surface area contributed by atoms with Gasteiger partial charge in [-0.2, -0.15) is 8.78 Å². The Morgan fingerprint density at radius 2 is 1.31 bits per heavy atom. The molecular weight excluding hydrogens is 334 g/mol. The molecule has 0 heterocycles. The Kier molecular flexibility index (Phi) is 6.93. The summed E-state index contributed by atoms with van der Waals surface area (Å²) in [7, 11) is 0. The predicted octanol–water partition coefficient (Wildman–Crippen LogP) is 6.30. The number of hydrogen-bond donors (Lipinski definition) is 0. The highest BCUT2D eigenvalue weighted by atomic mass is 19.2. The van der Waals surface area contributed by atoms with Gasteiger partial charge in [-0.15, -0.1) is 6.58 Å². The van der Waals surface area contributed by atoms with Crippen LogP contribution in [0.15, 0.2) is 24.8 Å². The van der Waals surface area contributed by atoms with Gasteiger partial charge >= 0.3 is 0 Å². The van der Waals surface area contributed by atoms with Crippen LogP contribution in [0.25, 0.3) is 0 Å². The van der Waals surface area contributed by atoms with Crippen molar-refractivity contribution in [2.45, 2.75) is 57.8 Å². The maximum atomic E-state index is 14.3. The molecule has 0 radical (unpaired) electrons. The fraction of sp³-hybridized carbons (Fsp3) is 0.636. The zero-order valence-electron chi connectivity index (χ0n) is 15.5. The molecule has 3 rings (SSSR count). The lowest BCUT2D eigenvalue weighted by Crippen LogP contribution is -2.19. The first kappa shape index (κ1) is 19.2. The van der Waals surface area contributed by atoms with Crippen LogP contribution in [0.2, 0.25) is 0 Å². The number of halogens is 2. The van der Waals surface area contributed by atoms with Crippen molar-refractivity contribution >= 4 is 0 Å². The van der Waals surface area contributed by atoms with Gasteiger partial charge in [0.15, 0.2) is 11.5 Å². The minimum absolute atomic E-state index is 0.00749. The van der Waals surface area contributed by atoms with Crippen LogP contribution in [0.5, 0.6) is 11.5 Å². The van der Waals surface area contributed by atoms with E-state index in [1.165, 1.54) is 31.4 Å². The molecule has 2 nitrogen and oxygen atoms in total. The highest BCUT2D eigenvalue weighted by molar-refractivity contribution is 5.35. The van der Waals surface area contributed by atoms with E-state index in [0.717, 1.165) is 38.5 Å². The average Bonchev–Trinajstić information content (AvgIpc) is 2.69. The maximum Gasteiger partial charge on any atom is 0.204 e. The van der Waals surface area contributed by atoms with E-state index < -0.39 is 11.6 Å². The van der Waals surface area contributed by atoms with Crippen LogP contribution in [0, 0.1) is 29.4 Å². The van der Waals surface area contributed by atoms with Crippen LogP contribution in [-0.4, -0.2) is 13.2 Å². The molecule has 0 unspecified atom stereocenters. The Hall–Kier alpha value is -1.58. The molecule has 0 aromatic heterocycles. The van der Waals surface area contributed by atoms with Crippen molar-refractivity contribution in [2.24, 2.45) is 17.8 Å². The van der Waals surface area contributed by atoms with Gasteiger partial charge in [0, 0.05) is 0 Å². The van der Waals surface area contributed by atoms with E-state index in [4.69, 9.17) is 9.47 Å². The van der Waals surface area contributed by atoms with Crippen LogP contribution in [0.4, 0.5) is 8.78 Å². The molecule has 0 aliphatic heterocycles. The van der Waals surface area contributed by atoms with Gasteiger partial charge in [0.25, 0.3) is 0 Å². The molecule has 26 heavy (non-hydrogen) atoms. The van der Waals surface area contributed by atoms with Gasteiger partial charge in [-0.25, -0.2) is 0 Å². The molecule has 2 aliphatic rings. The number of ether oxygens (including phenoxy) is 2. The molecule has 4 heteroatoms. The minimum atomic E-state index is -0.939. The van der Waals surface area contributed by atoms with Crippen LogP contribution in [0.1, 0.15) is 57.8 Å². The monoisotopic (exact) mass is 364 g/mol. The second-order valence-electron chi connectivity index (χ2n) is 7.83. The Morgan fingerprint density at radius 1 is 0.808 bits per heavy atom. The van der Waals surface area contributed by atoms with Gasteiger partial charge in [-0.05, 0) is 68.4 Å². The molecule has 144 valence electrons. The van der Waals surface area contributed by atoms with Crippen molar-refractivity contribution < 1.29 is 18.3 Å². The third-order valence-corrected chi connectivity index (χ3v) is 5.91. The van der Waals surface area contributed by atoms with E-state index in [0.29, 0.717) is 31.0 Å². The van der Waals surface area contributed by atoms with E-state index >= 15 is 0 Å². The highest BCUT2D eigenvalue weighted by Gasteiger charge is 2.22. The summed E-state index contributed by atoms with van der Waals surface area (Å²) in [5, 5.41) is 0. The quantitative estimate of drug-likeness (QED) is 0.529. The Morgan fingerprint density at radius 3 is 1.81 bits per heavy atom. The van der Waals surface area contributed by atoms with Gasteiger partial charge < -0.3 is 9.47 Å². The molecule has 2 fully saturated rings. The molecule has 0 amide bonds. The Labute approximate surface area is 155 Å². The molecule has 0 N–H and O–H groups in total. The Balaban J connectivity index is 1.51. The topological polar surface area (TPSA) is 18.5 Å². The van der Waals surface area contributed by atoms with Crippen molar-refractivity contribution in [3.8, 4) is 11.5 Å². The zero-order chi connectivity index (χ0) is 18.4. The molecule has 1 aromatic rings. The average molecular weight is 364 g/mol. The molecule has 0 spiro atoms. The Bertz CT molecular complexity index is 588. The largest absolute Gasteiger partial charge is 0.490 e. The second kappa shape index (κ2) is 9.38. The van der Waals surface area contributed by atoms with Crippen LogP contribution < -0.4 is 9.47 Å². The summed E-state index contributed by atoms with van der Waals surface area (Å²) in [6.07, 6.45) is 12.2. The summed E-state index contributed by atoms with van der Waals surface area (Å²) in [6.45, 7) is 4.74. The summed E-state index contributed by atoms with van der Waals surface area (Å²) < 4.78 is 39.7. The molecule has 2 saturated carbocycles. The van der Waals surface area contributed by atoms with E-state index in [2.05, 4.69) is 6.58 Å². The van der Waals surface area contributed by atoms with Gasteiger partial charge in [-0.3, -0.25) is 0 Å². The third kappa shape index (κ3) is 4.99. The molecule has 1 aromatic carbocycles. The lowest BCUT2D eigenvalue weighted by atomic mass is 9.82. The van der Waals surface area contributed by atoms with E-state index in [1.807, 2.05) is 6.08 Å². The van der Waals surface area contributed by atoms with Gasteiger partial charge in [0.1, 0.15) is 0 Å². The summed E-state index contributed by atoms with van der Waals surface area (Å²) in [5.41, 5.74) is 0. The van der Waals surface area contributed by atoms with Crippen molar-refractivity contribution in [3.63, 3.8) is 0 Å². The standard InChI is InChI=1S/C22H30F2O2/c1-2-16-8-10-18(11-9-16)15-26-20-13-12-19(21(23)22(20)24)25-14-17-6-4-3-5-7-17/h2,12-13,16-18H,1,3-11,14-15H2. The van der Waals surface area contributed by atoms with E-state index in [1.54, 1.807) is 0 Å².